The van der Waals surface area contributed by atoms with Crippen molar-refractivity contribution in [3.05, 3.63) is 48.0 Å². The van der Waals surface area contributed by atoms with Gasteiger partial charge in [0.1, 0.15) is 5.01 Å². The number of hydrogen-bond donors (Lipinski definition) is 2. The number of carbonyl (C=O) groups is 1. The number of aromatic nitrogens is 1. The van der Waals surface area contributed by atoms with Gasteiger partial charge in [-0.25, -0.2) is 4.98 Å². The van der Waals surface area contributed by atoms with E-state index in [1.165, 1.54) is 23.1 Å². The van der Waals surface area contributed by atoms with E-state index in [2.05, 4.69) is 49.6 Å². The topological polar surface area (TPSA) is 54.0 Å². The molecule has 3 aromatic rings. The van der Waals surface area contributed by atoms with Crippen LogP contribution in [0.4, 0.5) is 5.69 Å². The lowest BCUT2D eigenvalue weighted by Crippen LogP contribution is -2.43. The second-order valence-corrected chi connectivity index (χ2v) is 9.40. The Labute approximate surface area is 176 Å². The average molecular weight is 408 g/mol. The highest BCUT2D eigenvalue weighted by Gasteiger charge is 2.26. The van der Waals surface area contributed by atoms with Gasteiger partial charge in [0.15, 0.2) is 0 Å². The summed E-state index contributed by atoms with van der Waals surface area (Å²) < 4.78 is 1.20. The Morgan fingerprint density at radius 2 is 1.93 bits per heavy atom. The molecule has 0 spiro atoms. The summed E-state index contributed by atoms with van der Waals surface area (Å²) in [4.78, 5) is 17.1. The van der Waals surface area contributed by atoms with Crippen LogP contribution < -0.4 is 10.6 Å². The Balaban J connectivity index is 1.35. The number of thiazole rings is 1. The molecule has 2 aromatic carbocycles. The second kappa shape index (κ2) is 8.64. The molecule has 29 heavy (non-hydrogen) atoms. The molecule has 0 bridgehead atoms. The smallest absolute Gasteiger partial charge is 0.238 e. The third kappa shape index (κ3) is 4.68. The van der Waals surface area contributed by atoms with Crippen LogP contribution in [0.15, 0.2) is 42.5 Å². The lowest BCUT2D eigenvalue weighted by atomic mass is 9.78. The molecular formula is C24H29N3OS. The van der Waals surface area contributed by atoms with Crippen LogP contribution in [0.25, 0.3) is 20.8 Å². The molecule has 1 heterocycles. The lowest BCUT2D eigenvalue weighted by molar-refractivity contribution is -0.115. The van der Waals surface area contributed by atoms with E-state index in [0.717, 1.165) is 34.1 Å². The van der Waals surface area contributed by atoms with E-state index in [1.54, 1.807) is 11.3 Å². The van der Waals surface area contributed by atoms with E-state index in [1.807, 2.05) is 24.3 Å². The lowest BCUT2D eigenvalue weighted by Gasteiger charge is -2.34. The van der Waals surface area contributed by atoms with Gasteiger partial charge in [-0.2, -0.15) is 0 Å². The summed E-state index contributed by atoms with van der Waals surface area (Å²) in [5.74, 6) is 1.36. The number of fused-ring (bicyclic) bond motifs is 1. The summed E-state index contributed by atoms with van der Waals surface area (Å²) in [6.45, 7) is 7.07. The van der Waals surface area contributed by atoms with Crippen molar-refractivity contribution >= 4 is 33.1 Å². The molecule has 0 aliphatic heterocycles. The van der Waals surface area contributed by atoms with E-state index < -0.39 is 0 Å². The van der Waals surface area contributed by atoms with Crippen molar-refractivity contribution in [3.8, 4) is 10.6 Å². The summed E-state index contributed by atoms with van der Waals surface area (Å²) in [5, 5.41) is 7.47. The van der Waals surface area contributed by atoms with Gasteiger partial charge in [-0.3, -0.25) is 4.79 Å². The normalized spacial score (nSPS) is 22.0. The van der Waals surface area contributed by atoms with Crippen LogP contribution in [-0.4, -0.2) is 23.5 Å². The van der Waals surface area contributed by atoms with Crippen LogP contribution in [0.3, 0.4) is 0 Å². The number of anilines is 1. The number of benzene rings is 2. The van der Waals surface area contributed by atoms with Gasteiger partial charge < -0.3 is 10.6 Å². The maximum Gasteiger partial charge on any atom is 0.238 e. The Bertz CT molecular complexity index is 995. The number of aryl methyl sites for hydroxylation is 1. The highest BCUT2D eigenvalue weighted by atomic mass is 32.1. The molecule has 2 N–H and O–H groups in total. The highest BCUT2D eigenvalue weighted by molar-refractivity contribution is 7.21. The number of nitrogens with one attached hydrogen (secondary N) is 2. The first-order chi connectivity index (χ1) is 14.0. The maximum absolute atomic E-state index is 12.4. The van der Waals surface area contributed by atoms with E-state index in [0.29, 0.717) is 18.5 Å². The van der Waals surface area contributed by atoms with Crippen molar-refractivity contribution in [2.24, 2.45) is 11.8 Å². The van der Waals surface area contributed by atoms with Crippen LogP contribution in [0.1, 0.15) is 38.7 Å². The maximum atomic E-state index is 12.4. The van der Waals surface area contributed by atoms with Crippen LogP contribution in [0, 0.1) is 18.8 Å². The van der Waals surface area contributed by atoms with E-state index >= 15 is 0 Å². The number of carbonyl (C=O) groups excluding carboxylic acids is 1. The molecule has 1 aromatic heterocycles. The molecule has 5 heteroatoms. The zero-order chi connectivity index (χ0) is 20.4. The van der Waals surface area contributed by atoms with Gasteiger partial charge >= 0.3 is 0 Å². The van der Waals surface area contributed by atoms with Gasteiger partial charge in [0.05, 0.1) is 16.8 Å². The van der Waals surface area contributed by atoms with E-state index in [4.69, 9.17) is 4.98 Å². The summed E-state index contributed by atoms with van der Waals surface area (Å²) in [6.07, 6.45) is 3.71. The summed E-state index contributed by atoms with van der Waals surface area (Å²) in [7, 11) is 0. The Kier molecular flexibility index (Phi) is 5.97. The molecule has 4 nitrogen and oxygen atoms in total. The molecule has 152 valence electrons. The number of nitrogens with zero attached hydrogens (tertiary/aromatic N) is 1. The average Bonchev–Trinajstić information content (AvgIpc) is 3.13. The minimum absolute atomic E-state index is 0.0126. The summed E-state index contributed by atoms with van der Waals surface area (Å²) >= 11 is 1.70. The fourth-order valence-corrected chi connectivity index (χ4v) is 5.22. The zero-order valence-corrected chi connectivity index (χ0v) is 18.2. The molecule has 1 fully saturated rings. The van der Waals surface area contributed by atoms with Crippen LogP contribution in [0.2, 0.25) is 0 Å². The highest BCUT2D eigenvalue weighted by Crippen LogP contribution is 2.31. The quantitative estimate of drug-likeness (QED) is 0.577. The number of rotatable bonds is 5. The summed E-state index contributed by atoms with van der Waals surface area (Å²) in [6, 6.07) is 14.7. The van der Waals surface area contributed by atoms with Gasteiger partial charge in [0.2, 0.25) is 5.91 Å². The van der Waals surface area contributed by atoms with Crippen LogP contribution in [-0.2, 0) is 4.79 Å². The first kappa shape index (κ1) is 20.0. The van der Waals surface area contributed by atoms with E-state index in [9.17, 15) is 4.79 Å². The predicted molar refractivity (Wildman–Crippen MR) is 122 cm³/mol. The molecule has 1 aliphatic carbocycles. The standard InChI is InChI=1S/C24H29N3OS/c1-15-7-12-21-22(13-15)29-24(27-21)18-8-10-19(11-9-18)26-23(28)14-25-20-6-4-5-16(2)17(20)3/h7-13,16-17,20,25H,4-6,14H2,1-3H3,(H,26,28)/t16-,17+,20+/m0/s1. The second-order valence-electron chi connectivity index (χ2n) is 8.37. The van der Waals surface area contributed by atoms with Gasteiger partial charge in [0, 0.05) is 17.3 Å². The third-order valence-corrected chi connectivity index (χ3v) is 7.26. The molecule has 1 saturated carbocycles. The van der Waals surface area contributed by atoms with Gasteiger partial charge in [-0.05, 0) is 67.1 Å². The Hall–Kier alpha value is -2.24. The first-order valence-corrected chi connectivity index (χ1v) is 11.3. The van der Waals surface area contributed by atoms with Crippen LogP contribution >= 0.6 is 11.3 Å². The van der Waals surface area contributed by atoms with Crippen molar-refractivity contribution in [2.45, 2.75) is 46.1 Å². The predicted octanol–water partition coefficient (Wildman–Crippen LogP) is 5.62. The van der Waals surface area contributed by atoms with Crippen molar-refractivity contribution in [3.63, 3.8) is 0 Å². The minimum Gasteiger partial charge on any atom is -0.325 e. The molecule has 1 amide bonds. The summed E-state index contributed by atoms with van der Waals surface area (Å²) in [5.41, 5.74) is 4.18. The Morgan fingerprint density at radius 3 is 2.72 bits per heavy atom. The van der Waals surface area contributed by atoms with Gasteiger partial charge in [-0.1, -0.05) is 32.8 Å². The molecule has 0 saturated heterocycles. The fraction of sp³-hybridized carbons (Fsp3) is 0.417. The molecule has 3 atom stereocenters. The van der Waals surface area contributed by atoms with Crippen molar-refractivity contribution in [1.29, 1.82) is 0 Å². The SMILES string of the molecule is Cc1ccc2nc(-c3ccc(NC(=O)CN[C@@H]4CCC[C@H](C)[C@H]4C)cc3)sc2c1. The third-order valence-electron chi connectivity index (χ3n) is 6.19. The molecule has 4 rings (SSSR count). The van der Waals surface area contributed by atoms with Crippen molar-refractivity contribution < 1.29 is 4.79 Å². The molecule has 0 unspecified atom stereocenters. The molecule has 0 radical (unpaired) electrons. The Morgan fingerprint density at radius 1 is 1.14 bits per heavy atom. The largest absolute Gasteiger partial charge is 0.325 e. The van der Waals surface area contributed by atoms with Crippen molar-refractivity contribution in [2.75, 3.05) is 11.9 Å². The number of amides is 1. The first-order valence-electron chi connectivity index (χ1n) is 10.5. The van der Waals surface area contributed by atoms with E-state index in [-0.39, 0.29) is 5.91 Å². The zero-order valence-electron chi connectivity index (χ0n) is 17.4. The van der Waals surface area contributed by atoms with Gasteiger partial charge in [0.25, 0.3) is 0 Å². The van der Waals surface area contributed by atoms with Crippen LogP contribution in [0.5, 0.6) is 0 Å². The minimum atomic E-state index is 0.0126. The fourth-order valence-electron chi connectivity index (χ4n) is 4.15. The van der Waals surface area contributed by atoms with Gasteiger partial charge in [-0.15, -0.1) is 11.3 Å². The molecular weight excluding hydrogens is 378 g/mol. The van der Waals surface area contributed by atoms with Crippen molar-refractivity contribution in [1.82, 2.24) is 10.3 Å². The monoisotopic (exact) mass is 407 g/mol. The molecule has 1 aliphatic rings. The number of hydrogen-bond acceptors (Lipinski definition) is 4.